The summed E-state index contributed by atoms with van der Waals surface area (Å²) in [6.45, 7) is 10.8. The summed E-state index contributed by atoms with van der Waals surface area (Å²) in [6, 6.07) is 8.08. The Labute approximate surface area is 141 Å². The lowest BCUT2D eigenvalue weighted by Crippen LogP contribution is -2.52. The van der Waals surface area contributed by atoms with Gasteiger partial charge >= 0.3 is 6.09 Å². The van der Waals surface area contributed by atoms with Crippen LogP contribution in [0.1, 0.15) is 45.2 Å². The first kappa shape index (κ1) is 17.1. The second-order valence-corrected chi connectivity index (χ2v) is 7.17. The fraction of sp³-hybridized carbons (Fsp3) is 0.500. The molecule has 0 radical (unpaired) electrons. The number of hydrogen-bond donors (Lipinski definition) is 0. The molecule has 0 N–H and O–H groups in total. The highest BCUT2D eigenvalue weighted by molar-refractivity contribution is 9.10. The highest BCUT2D eigenvalue weighted by atomic mass is 79.9. The Hall–Kier alpha value is -1.29. The summed E-state index contributed by atoms with van der Waals surface area (Å²) in [5.74, 6) is 0.277. The molecule has 1 aliphatic heterocycles. The van der Waals surface area contributed by atoms with Crippen LogP contribution < -0.4 is 0 Å². The smallest absolute Gasteiger partial charge is 0.410 e. The van der Waals surface area contributed by atoms with E-state index >= 15 is 0 Å². The Kier molecular flexibility index (Phi) is 5.32. The fourth-order valence-electron chi connectivity index (χ4n) is 2.99. The summed E-state index contributed by atoms with van der Waals surface area (Å²) in [6.07, 6.45) is 3.17. The van der Waals surface area contributed by atoms with Gasteiger partial charge in [-0.05, 0) is 30.5 Å². The Bertz CT molecular complexity index is 541. The van der Waals surface area contributed by atoms with Crippen molar-refractivity contribution in [3.05, 3.63) is 47.0 Å². The zero-order valence-corrected chi connectivity index (χ0v) is 15.1. The monoisotopic (exact) mass is 365 g/mol. The molecule has 1 unspecified atom stereocenters. The minimum atomic E-state index is -0.408. The number of ether oxygens (including phenoxy) is 1. The molecule has 3 nitrogen and oxygen atoms in total. The minimum absolute atomic E-state index is 0.00879. The molecule has 1 saturated heterocycles. The van der Waals surface area contributed by atoms with E-state index in [0.29, 0.717) is 13.0 Å². The van der Waals surface area contributed by atoms with Gasteiger partial charge in [-0.1, -0.05) is 48.0 Å². The van der Waals surface area contributed by atoms with E-state index < -0.39 is 5.60 Å². The molecular formula is C18H24BrNO2. The Morgan fingerprint density at radius 2 is 2.00 bits per heavy atom. The molecular weight excluding hydrogens is 342 g/mol. The fourth-order valence-corrected chi connectivity index (χ4v) is 3.25. The van der Waals surface area contributed by atoms with Crippen molar-refractivity contribution in [3.63, 3.8) is 0 Å². The zero-order chi connectivity index (χ0) is 16.3. The molecule has 0 aliphatic carbocycles. The van der Waals surface area contributed by atoms with Crippen LogP contribution in [0, 0.1) is 5.92 Å². The predicted octanol–water partition coefficient (Wildman–Crippen LogP) is 5.32. The Balaban J connectivity index is 2.14. The summed E-state index contributed by atoms with van der Waals surface area (Å²) >= 11 is 3.44. The second kappa shape index (κ2) is 6.86. The number of cyclic esters (lactones) is 1. The predicted molar refractivity (Wildman–Crippen MR) is 92.7 cm³/mol. The minimum Gasteiger partial charge on any atom is -0.442 e. The SMILES string of the molecule is C=CC[C@@]1(C(C)C)CCN(C(C)c2ccc(Br)cc2)C(=O)O1. The Morgan fingerprint density at radius 1 is 1.36 bits per heavy atom. The van der Waals surface area contributed by atoms with E-state index in [1.807, 2.05) is 42.2 Å². The zero-order valence-electron chi connectivity index (χ0n) is 13.5. The third-order valence-electron chi connectivity index (χ3n) is 4.66. The van der Waals surface area contributed by atoms with Gasteiger partial charge in [0.25, 0.3) is 0 Å². The molecule has 22 heavy (non-hydrogen) atoms. The maximum absolute atomic E-state index is 12.5. The number of amides is 1. The number of halogens is 1. The van der Waals surface area contributed by atoms with Crippen LogP contribution >= 0.6 is 15.9 Å². The maximum atomic E-state index is 12.5. The average Bonchev–Trinajstić information content (AvgIpc) is 2.47. The normalized spacial score (nSPS) is 23.3. The van der Waals surface area contributed by atoms with Crippen molar-refractivity contribution < 1.29 is 9.53 Å². The lowest BCUT2D eigenvalue weighted by atomic mass is 9.82. The van der Waals surface area contributed by atoms with E-state index in [4.69, 9.17) is 4.74 Å². The standard InChI is InChI=1S/C18H24BrNO2/c1-5-10-18(13(2)3)11-12-20(17(21)22-18)14(4)15-6-8-16(19)9-7-15/h5-9,13-14H,1,10-12H2,2-4H3/t14?,18-/m0/s1. The van der Waals surface area contributed by atoms with E-state index in [9.17, 15) is 4.79 Å². The van der Waals surface area contributed by atoms with Gasteiger partial charge in [-0.3, -0.25) is 0 Å². The molecule has 1 aromatic carbocycles. The summed E-state index contributed by atoms with van der Waals surface area (Å²) in [5.41, 5.74) is 0.704. The number of rotatable bonds is 5. The number of nitrogens with zero attached hydrogens (tertiary/aromatic N) is 1. The first-order valence-corrected chi connectivity index (χ1v) is 8.55. The highest BCUT2D eigenvalue weighted by Gasteiger charge is 2.43. The van der Waals surface area contributed by atoms with Crippen molar-refractivity contribution in [1.29, 1.82) is 0 Å². The molecule has 0 spiro atoms. The summed E-state index contributed by atoms with van der Waals surface area (Å²) < 4.78 is 6.90. The van der Waals surface area contributed by atoms with Crippen molar-refractivity contribution in [3.8, 4) is 0 Å². The molecule has 0 aromatic heterocycles. The molecule has 1 heterocycles. The summed E-state index contributed by atoms with van der Waals surface area (Å²) in [5, 5.41) is 0. The van der Waals surface area contributed by atoms with Gasteiger partial charge in [0.15, 0.2) is 0 Å². The Morgan fingerprint density at radius 3 is 2.50 bits per heavy atom. The lowest BCUT2D eigenvalue weighted by Gasteiger charge is -2.45. The molecule has 1 amide bonds. The van der Waals surface area contributed by atoms with Crippen molar-refractivity contribution in [2.24, 2.45) is 5.92 Å². The van der Waals surface area contributed by atoms with E-state index in [0.717, 1.165) is 16.5 Å². The third kappa shape index (κ3) is 3.37. The van der Waals surface area contributed by atoms with Crippen LogP contribution in [-0.4, -0.2) is 23.1 Å². The molecule has 0 bridgehead atoms. The van der Waals surface area contributed by atoms with Gasteiger partial charge in [0.1, 0.15) is 5.60 Å². The van der Waals surface area contributed by atoms with Gasteiger partial charge in [-0.15, -0.1) is 6.58 Å². The van der Waals surface area contributed by atoms with Gasteiger partial charge < -0.3 is 9.64 Å². The number of benzene rings is 1. The molecule has 120 valence electrons. The second-order valence-electron chi connectivity index (χ2n) is 6.25. The molecule has 1 aliphatic rings. The third-order valence-corrected chi connectivity index (χ3v) is 5.19. The largest absolute Gasteiger partial charge is 0.442 e. The van der Waals surface area contributed by atoms with Crippen LogP contribution in [0.15, 0.2) is 41.4 Å². The highest BCUT2D eigenvalue weighted by Crippen LogP contribution is 2.37. The lowest BCUT2D eigenvalue weighted by molar-refractivity contribution is -0.0805. The first-order valence-electron chi connectivity index (χ1n) is 7.75. The summed E-state index contributed by atoms with van der Waals surface area (Å²) in [7, 11) is 0. The number of hydrogen-bond acceptors (Lipinski definition) is 2. The number of carbonyl (C=O) groups excluding carboxylic acids is 1. The van der Waals surface area contributed by atoms with Crippen LogP contribution in [0.3, 0.4) is 0 Å². The van der Waals surface area contributed by atoms with Crippen LogP contribution in [0.2, 0.25) is 0 Å². The van der Waals surface area contributed by atoms with Crippen LogP contribution in [0.25, 0.3) is 0 Å². The molecule has 0 saturated carbocycles. The topological polar surface area (TPSA) is 29.5 Å². The first-order chi connectivity index (χ1) is 10.4. The van der Waals surface area contributed by atoms with Gasteiger partial charge in [-0.25, -0.2) is 4.79 Å². The molecule has 2 atom stereocenters. The molecule has 1 fully saturated rings. The van der Waals surface area contributed by atoms with Crippen LogP contribution in [0.4, 0.5) is 4.79 Å². The van der Waals surface area contributed by atoms with E-state index in [1.54, 1.807) is 0 Å². The van der Waals surface area contributed by atoms with E-state index in [-0.39, 0.29) is 18.1 Å². The summed E-state index contributed by atoms with van der Waals surface area (Å²) in [4.78, 5) is 14.3. The van der Waals surface area contributed by atoms with Crippen molar-refractivity contribution in [1.82, 2.24) is 4.90 Å². The van der Waals surface area contributed by atoms with Gasteiger partial charge in [-0.2, -0.15) is 0 Å². The van der Waals surface area contributed by atoms with Crippen molar-refractivity contribution in [2.75, 3.05) is 6.54 Å². The van der Waals surface area contributed by atoms with E-state index in [2.05, 4.69) is 36.4 Å². The molecule has 1 aromatic rings. The average molecular weight is 366 g/mol. The molecule has 4 heteroatoms. The van der Waals surface area contributed by atoms with Gasteiger partial charge in [0, 0.05) is 23.9 Å². The van der Waals surface area contributed by atoms with E-state index in [1.165, 1.54) is 0 Å². The molecule has 2 rings (SSSR count). The number of carbonyl (C=O) groups is 1. The quantitative estimate of drug-likeness (QED) is 0.660. The van der Waals surface area contributed by atoms with Crippen molar-refractivity contribution in [2.45, 2.75) is 45.3 Å². The maximum Gasteiger partial charge on any atom is 0.410 e. The van der Waals surface area contributed by atoms with Gasteiger partial charge in [0.2, 0.25) is 0 Å². The van der Waals surface area contributed by atoms with Crippen molar-refractivity contribution >= 4 is 22.0 Å². The van der Waals surface area contributed by atoms with Crippen LogP contribution in [-0.2, 0) is 4.74 Å². The van der Waals surface area contributed by atoms with Gasteiger partial charge in [0.05, 0.1) is 6.04 Å². The van der Waals surface area contributed by atoms with Crippen LogP contribution in [0.5, 0.6) is 0 Å².